The van der Waals surface area contributed by atoms with Gasteiger partial charge in [-0.15, -0.1) is 0 Å². The Kier molecular flexibility index (Phi) is 3.65. The van der Waals surface area contributed by atoms with Crippen LogP contribution in [0.3, 0.4) is 0 Å². The summed E-state index contributed by atoms with van der Waals surface area (Å²) in [6, 6.07) is 20.0. The lowest BCUT2D eigenvalue weighted by Crippen LogP contribution is -2.14. The van der Waals surface area contributed by atoms with Gasteiger partial charge < -0.3 is 5.32 Å². The Labute approximate surface area is 141 Å². The van der Waals surface area contributed by atoms with Crippen LogP contribution in [0.15, 0.2) is 66.9 Å². The number of aryl methyl sites for hydroxylation is 1. The number of nitrogens with one attached hydrogen (secondary N) is 1. The molecule has 1 saturated carbocycles. The lowest BCUT2D eigenvalue weighted by Gasteiger charge is -2.07. The van der Waals surface area contributed by atoms with Crippen LogP contribution >= 0.6 is 0 Å². The number of anilines is 1. The van der Waals surface area contributed by atoms with Crippen molar-refractivity contribution in [3.05, 3.63) is 78.1 Å². The zero-order valence-corrected chi connectivity index (χ0v) is 13.5. The number of hydrogen-bond donors (Lipinski definition) is 1. The predicted octanol–water partition coefficient (Wildman–Crippen LogP) is 3.92. The summed E-state index contributed by atoms with van der Waals surface area (Å²) in [7, 11) is 0. The molecule has 0 bridgehead atoms. The van der Waals surface area contributed by atoms with E-state index < -0.39 is 0 Å². The highest BCUT2D eigenvalue weighted by Crippen LogP contribution is 2.47. The molecule has 1 fully saturated rings. The third-order valence-corrected chi connectivity index (χ3v) is 4.48. The first-order valence-corrected chi connectivity index (χ1v) is 8.19. The fraction of sp³-hybridized carbons (Fsp3) is 0.200. The first kappa shape index (κ1) is 14.7. The molecular formula is C20H19N3O. The Bertz CT molecular complexity index is 852. The van der Waals surface area contributed by atoms with Gasteiger partial charge in [0.05, 0.1) is 11.4 Å². The zero-order valence-electron chi connectivity index (χ0n) is 13.5. The molecule has 3 aromatic rings. The molecule has 2 aromatic carbocycles. The van der Waals surface area contributed by atoms with Crippen molar-refractivity contribution in [3.8, 4) is 5.69 Å². The highest BCUT2D eigenvalue weighted by molar-refractivity contribution is 5.95. The number of aromatic nitrogens is 2. The number of carbonyl (C=O) groups excluding carboxylic acids is 1. The first-order valence-electron chi connectivity index (χ1n) is 8.19. The van der Waals surface area contributed by atoms with Gasteiger partial charge in [0.1, 0.15) is 0 Å². The topological polar surface area (TPSA) is 46.9 Å². The maximum atomic E-state index is 12.4. The Morgan fingerprint density at radius 3 is 2.50 bits per heavy atom. The molecule has 2 atom stereocenters. The molecule has 24 heavy (non-hydrogen) atoms. The molecule has 1 aromatic heterocycles. The fourth-order valence-corrected chi connectivity index (χ4v) is 3.04. The van der Waals surface area contributed by atoms with Gasteiger partial charge in [-0.25, -0.2) is 4.68 Å². The van der Waals surface area contributed by atoms with Gasteiger partial charge in [-0.05, 0) is 55.2 Å². The molecule has 4 nitrogen and oxygen atoms in total. The van der Waals surface area contributed by atoms with Crippen LogP contribution in [0, 0.1) is 12.8 Å². The number of carbonyl (C=O) groups is 1. The van der Waals surface area contributed by atoms with Crippen molar-refractivity contribution in [2.45, 2.75) is 19.3 Å². The molecule has 1 amide bonds. The minimum atomic E-state index is 0.0841. The van der Waals surface area contributed by atoms with E-state index in [4.69, 9.17) is 0 Å². The van der Waals surface area contributed by atoms with E-state index in [9.17, 15) is 4.79 Å². The van der Waals surface area contributed by atoms with E-state index in [1.165, 1.54) is 5.56 Å². The Morgan fingerprint density at radius 2 is 1.83 bits per heavy atom. The Balaban J connectivity index is 1.40. The maximum Gasteiger partial charge on any atom is 0.228 e. The summed E-state index contributed by atoms with van der Waals surface area (Å²) in [5.41, 5.74) is 4.04. The summed E-state index contributed by atoms with van der Waals surface area (Å²) >= 11 is 0. The SMILES string of the molecule is Cc1ccn(-c2ccc(NC(=O)C3CC3c3ccccc3)cc2)n1. The van der Waals surface area contributed by atoms with Gasteiger partial charge in [-0.3, -0.25) is 4.79 Å². The fourth-order valence-electron chi connectivity index (χ4n) is 3.04. The average molecular weight is 317 g/mol. The molecule has 4 heteroatoms. The zero-order chi connectivity index (χ0) is 16.5. The van der Waals surface area contributed by atoms with E-state index in [1.807, 2.05) is 66.3 Å². The van der Waals surface area contributed by atoms with Crippen molar-refractivity contribution in [3.63, 3.8) is 0 Å². The second-order valence-corrected chi connectivity index (χ2v) is 6.30. The smallest absolute Gasteiger partial charge is 0.228 e. The van der Waals surface area contributed by atoms with Gasteiger partial charge >= 0.3 is 0 Å². The van der Waals surface area contributed by atoms with Crippen molar-refractivity contribution in [1.82, 2.24) is 9.78 Å². The molecule has 0 aliphatic heterocycles. The first-order chi connectivity index (χ1) is 11.7. The molecule has 1 N–H and O–H groups in total. The van der Waals surface area contributed by atoms with Crippen LogP contribution < -0.4 is 5.32 Å². The quantitative estimate of drug-likeness (QED) is 0.792. The van der Waals surface area contributed by atoms with Crippen molar-refractivity contribution >= 4 is 11.6 Å². The number of nitrogens with zero attached hydrogens (tertiary/aromatic N) is 2. The lowest BCUT2D eigenvalue weighted by atomic mass is 10.1. The third kappa shape index (κ3) is 2.95. The van der Waals surface area contributed by atoms with Crippen LogP contribution in [-0.2, 0) is 4.79 Å². The van der Waals surface area contributed by atoms with Crippen molar-refractivity contribution in [2.24, 2.45) is 5.92 Å². The minimum Gasteiger partial charge on any atom is -0.326 e. The molecule has 1 aliphatic rings. The van der Waals surface area contributed by atoms with Gasteiger partial charge in [0.2, 0.25) is 5.91 Å². The van der Waals surface area contributed by atoms with Gasteiger partial charge in [-0.1, -0.05) is 30.3 Å². The van der Waals surface area contributed by atoms with Crippen molar-refractivity contribution in [1.29, 1.82) is 0 Å². The molecule has 4 rings (SSSR count). The maximum absolute atomic E-state index is 12.4. The Morgan fingerprint density at radius 1 is 1.08 bits per heavy atom. The normalized spacial score (nSPS) is 19.0. The molecule has 2 unspecified atom stereocenters. The standard InChI is InChI=1S/C20H19N3O/c1-14-11-12-23(22-14)17-9-7-16(8-10-17)21-20(24)19-13-18(19)15-5-3-2-4-6-15/h2-12,18-19H,13H2,1H3,(H,21,24). The highest BCUT2D eigenvalue weighted by Gasteiger charge is 2.43. The monoisotopic (exact) mass is 317 g/mol. The van der Waals surface area contributed by atoms with Crippen LogP contribution in [0.5, 0.6) is 0 Å². The van der Waals surface area contributed by atoms with Crippen molar-refractivity contribution in [2.75, 3.05) is 5.32 Å². The number of hydrogen-bond acceptors (Lipinski definition) is 2. The Hall–Kier alpha value is -2.88. The van der Waals surface area contributed by atoms with Crippen LogP contribution in [0.1, 0.15) is 23.6 Å². The summed E-state index contributed by atoms with van der Waals surface area (Å²) in [4.78, 5) is 12.4. The molecular weight excluding hydrogens is 298 g/mol. The third-order valence-electron chi connectivity index (χ3n) is 4.48. The second-order valence-electron chi connectivity index (χ2n) is 6.30. The van der Waals surface area contributed by atoms with Crippen molar-refractivity contribution < 1.29 is 4.79 Å². The van der Waals surface area contributed by atoms with Gasteiger partial charge in [0, 0.05) is 17.8 Å². The molecule has 1 heterocycles. The van der Waals surface area contributed by atoms with Gasteiger partial charge in [0.15, 0.2) is 0 Å². The predicted molar refractivity (Wildman–Crippen MR) is 94.2 cm³/mol. The molecule has 120 valence electrons. The largest absolute Gasteiger partial charge is 0.326 e. The number of amides is 1. The molecule has 0 saturated heterocycles. The van der Waals surface area contributed by atoms with E-state index in [0.29, 0.717) is 5.92 Å². The number of benzene rings is 2. The summed E-state index contributed by atoms with van der Waals surface area (Å²) < 4.78 is 1.83. The molecule has 0 spiro atoms. The van der Waals surface area contributed by atoms with Gasteiger partial charge in [-0.2, -0.15) is 5.10 Å². The summed E-state index contributed by atoms with van der Waals surface area (Å²) in [6.07, 6.45) is 2.86. The van der Waals surface area contributed by atoms with Gasteiger partial charge in [0.25, 0.3) is 0 Å². The second kappa shape index (κ2) is 5.96. The highest BCUT2D eigenvalue weighted by atomic mass is 16.2. The summed E-state index contributed by atoms with van der Waals surface area (Å²) in [5, 5.41) is 7.40. The van der Waals surface area contributed by atoms with E-state index in [2.05, 4.69) is 22.5 Å². The van der Waals surface area contributed by atoms with E-state index in [0.717, 1.165) is 23.5 Å². The van der Waals surface area contributed by atoms with E-state index in [1.54, 1.807) is 0 Å². The summed E-state index contributed by atoms with van der Waals surface area (Å²) in [5.74, 6) is 0.546. The minimum absolute atomic E-state index is 0.0841. The lowest BCUT2D eigenvalue weighted by molar-refractivity contribution is -0.117. The van der Waals surface area contributed by atoms with Crippen LogP contribution in [0.4, 0.5) is 5.69 Å². The molecule has 1 aliphatic carbocycles. The number of rotatable bonds is 4. The van der Waals surface area contributed by atoms with Crippen LogP contribution in [0.25, 0.3) is 5.69 Å². The van der Waals surface area contributed by atoms with Crippen LogP contribution in [0.2, 0.25) is 0 Å². The van der Waals surface area contributed by atoms with E-state index in [-0.39, 0.29) is 11.8 Å². The van der Waals surface area contributed by atoms with E-state index >= 15 is 0 Å². The average Bonchev–Trinajstić information content (AvgIpc) is 3.31. The molecule has 0 radical (unpaired) electrons. The van der Waals surface area contributed by atoms with Crippen LogP contribution in [-0.4, -0.2) is 15.7 Å². The summed E-state index contributed by atoms with van der Waals surface area (Å²) in [6.45, 7) is 1.96.